The lowest BCUT2D eigenvalue weighted by Crippen LogP contribution is -2.11. The van der Waals surface area contributed by atoms with E-state index >= 15 is 0 Å². The van der Waals surface area contributed by atoms with Crippen LogP contribution in [0.1, 0.15) is 10.4 Å². The molecule has 2 aromatic rings. The summed E-state index contributed by atoms with van der Waals surface area (Å²) in [7, 11) is -3.53. The van der Waals surface area contributed by atoms with Gasteiger partial charge in [-0.3, -0.25) is 4.72 Å². The summed E-state index contributed by atoms with van der Waals surface area (Å²) in [6.45, 7) is 1.66. The number of hydrogen-bond acceptors (Lipinski definition) is 4. The molecule has 0 amide bonds. The fourth-order valence-corrected chi connectivity index (χ4v) is 3.87. The van der Waals surface area contributed by atoms with Gasteiger partial charge < -0.3 is 5.11 Å². The van der Waals surface area contributed by atoms with E-state index in [1.807, 2.05) is 6.92 Å². The van der Waals surface area contributed by atoms with Crippen LogP contribution in [0.2, 0.25) is 0 Å². The van der Waals surface area contributed by atoms with E-state index in [1.54, 1.807) is 36.4 Å². The highest BCUT2D eigenvalue weighted by molar-refractivity contribution is 7.94. The number of aryl methyl sites for hydroxylation is 1. The van der Waals surface area contributed by atoms with Crippen LogP contribution < -0.4 is 4.72 Å². The Hall–Kier alpha value is -1.81. The molecule has 20 heavy (non-hydrogen) atoms. The van der Waals surface area contributed by atoms with Crippen molar-refractivity contribution in [2.75, 3.05) is 11.3 Å². The van der Waals surface area contributed by atoms with Crippen LogP contribution in [0.4, 0.5) is 5.69 Å². The molecular weight excluding hydrogens is 294 g/mol. The number of rotatable bonds is 3. The zero-order chi connectivity index (χ0) is 14.6. The highest BCUT2D eigenvalue weighted by Crippen LogP contribution is 2.23. The molecule has 0 radical (unpaired) electrons. The molecule has 0 spiro atoms. The lowest BCUT2D eigenvalue weighted by atomic mass is 10.2. The van der Waals surface area contributed by atoms with E-state index < -0.39 is 10.0 Å². The average Bonchev–Trinajstić information content (AvgIpc) is 2.85. The molecule has 0 aliphatic heterocycles. The second kappa shape index (κ2) is 6.09. The van der Waals surface area contributed by atoms with Crippen molar-refractivity contribution in [3.8, 4) is 11.8 Å². The number of hydrogen-bond donors (Lipinski definition) is 2. The molecule has 104 valence electrons. The summed E-state index contributed by atoms with van der Waals surface area (Å²) >= 11 is 1.23. The van der Waals surface area contributed by atoms with Crippen molar-refractivity contribution in [2.24, 2.45) is 0 Å². The van der Waals surface area contributed by atoms with Crippen LogP contribution in [-0.2, 0) is 10.0 Å². The second-order valence-electron chi connectivity index (χ2n) is 4.01. The first-order valence-corrected chi connectivity index (χ1v) is 8.10. The van der Waals surface area contributed by atoms with E-state index in [1.165, 1.54) is 11.3 Å². The van der Waals surface area contributed by atoms with Crippen LogP contribution in [-0.4, -0.2) is 20.1 Å². The molecule has 0 aliphatic rings. The smallest absolute Gasteiger partial charge is 0.271 e. The summed E-state index contributed by atoms with van der Waals surface area (Å²) in [5.74, 6) is 5.27. The van der Waals surface area contributed by atoms with Crippen LogP contribution in [0.5, 0.6) is 0 Å². The highest BCUT2D eigenvalue weighted by atomic mass is 32.2. The molecule has 1 aromatic heterocycles. The maximum absolute atomic E-state index is 12.1. The van der Waals surface area contributed by atoms with Gasteiger partial charge in [0, 0.05) is 16.1 Å². The lowest BCUT2D eigenvalue weighted by Gasteiger charge is -2.06. The molecule has 0 bridgehead atoms. The van der Waals surface area contributed by atoms with Gasteiger partial charge in [-0.1, -0.05) is 11.8 Å². The van der Waals surface area contributed by atoms with Crippen LogP contribution in [0, 0.1) is 18.8 Å². The third-order valence-corrected chi connectivity index (χ3v) is 5.30. The summed E-state index contributed by atoms with van der Waals surface area (Å²) in [5.41, 5.74) is 1.19. The quantitative estimate of drug-likeness (QED) is 0.854. The SMILES string of the molecule is Cc1ccc(S(=O)(=O)Nc2ccc(C#CCO)cc2)s1. The van der Waals surface area contributed by atoms with E-state index in [9.17, 15) is 8.42 Å². The molecule has 1 heterocycles. The molecule has 0 saturated carbocycles. The molecule has 0 aliphatic carbocycles. The van der Waals surface area contributed by atoms with Crippen LogP contribution in [0.15, 0.2) is 40.6 Å². The minimum atomic E-state index is -3.53. The van der Waals surface area contributed by atoms with Crippen LogP contribution >= 0.6 is 11.3 Å². The van der Waals surface area contributed by atoms with Crippen molar-refractivity contribution in [2.45, 2.75) is 11.1 Å². The van der Waals surface area contributed by atoms with E-state index in [0.717, 1.165) is 4.88 Å². The van der Waals surface area contributed by atoms with E-state index in [-0.39, 0.29) is 6.61 Å². The molecule has 1 aromatic carbocycles. The maximum atomic E-state index is 12.1. The number of aliphatic hydroxyl groups excluding tert-OH is 1. The number of anilines is 1. The monoisotopic (exact) mass is 307 g/mol. The maximum Gasteiger partial charge on any atom is 0.271 e. The second-order valence-corrected chi connectivity index (χ2v) is 7.20. The van der Waals surface area contributed by atoms with Gasteiger partial charge in [0.25, 0.3) is 10.0 Å². The molecule has 0 saturated heterocycles. The Balaban J connectivity index is 2.17. The van der Waals surface area contributed by atoms with Crippen LogP contribution in [0.25, 0.3) is 0 Å². The summed E-state index contributed by atoms with van der Waals surface area (Å²) in [6, 6.07) is 10.0. The summed E-state index contributed by atoms with van der Waals surface area (Å²) in [4.78, 5) is 0.944. The Morgan fingerprint density at radius 2 is 1.90 bits per heavy atom. The lowest BCUT2D eigenvalue weighted by molar-refractivity contribution is 0.350. The number of nitrogens with one attached hydrogen (secondary N) is 1. The zero-order valence-corrected chi connectivity index (χ0v) is 12.4. The van der Waals surface area contributed by atoms with Crippen molar-refractivity contribution >= 4 is 27.0 Å². The third kappa shape index (κ3) is 3.61. The summed E-state index contributed by atoms with van der Waals surface area (Å²) < 4.78 is 27.0. The number of sulfonamides is 1. The predicted octanol–water partition coefficient (Wildman–Crippen LogP) is 2.20. The number of aliphatic hydroxyl groups is 1. The van der Waals surface area contributed by atoms with Gasteiger partial charge in [0.05, 0.1) is 0 Å². The van der Waals surface area contributed by atoms with Crippen molar-refractivity contribution in [1.82, 2.24) is 0 Å². The van der Waals surface area contributed by atoms with Gasteiger partial charge in [-0.05, 0) is 43.3 Å². The number of benzene rings is 1. The number of thiophene rings is 1. The van der Waals surface area contributed by atoms with Crippen LogP contribution in [0.3, 0.4) is 0 Å². The Labute approximate surface area is 122 Å². The summed E-state index contributed by atoms with van der Waals surface area (Å²) in [6.07, 6.45) is 0. The van der Waals surface area contributed by atoms with Gasteiger partial charge in [0.2, 0.25) is 0 Å². The van der Waals surface area contributed by atoms with Crippen molar-refractivity contribution < 1.29 is 13.5 Å². The molecule has 2 rings (SSSR count). The van der Waals surface area contributed by atoms with Crippen molar-refractivity contribution in [1.29, 1.82) is 0 Å². The van der Waals surface area contributed by atoms with Gasteiger partial charge in [-0.25, -0.2) is 8.42 Å². The van der Waals surface area contributed by atoms with E-state index in [4.69, 9.17) is 5.11 Å². The van der Waals surface area contributed by atoms with Gasteiger partial charge in [0.1, 0.15) is 10.8 Å². The summed E-state index contributed by atoms with van der Waals surface area (Å²) in [5, 5.41) is 8.60. The molecule has 6 heteroatoms. The fraction of sp³-hybridized carbons (Fsp3) is 0.143. The largest absolute Gasteiger partial charge is 0.384 e. The van der Waals surface area contributed by atoms with Gasteiger partial charge >= 0.3 is 0 Å². The highest BCUT2D eigenvalue weighted by Gasteiger charge is 2.15. The first-order chi connectivity index (χ1) is 9.51. The first-order valence-electron chi connectivity index (χ1n) is 5.80. The van der Waals surface area contributed by atoms with Gasteiger partial charge in [-0.15, -0.1) is 11.3 Å². The third-order valence-electron chi connectivity index (χ3n) is 2.43. The van der Waals surface area contributed by atoms with Crippen molar-refractivity contribution in [3.63, 3.8) is 0 Å². The van der Waals surface area contributed by atoms with E-state index in [0.29, 0.717) is 15.5 Å². The Bertz CT molecular complexity index is 750. The van der Waals surface area contributed by atoms with Crippen molar-refractivity contribution in [3.05, 3.63) is 46.8 Å². The standard InChI is InChI=1S/C14H13NO3S2/c1-11-4-9-14(19-11)20(17,18)15-13-7-5-12(6-8-13)3-2-10-16/h4-9,15-16H,10H2,1H3. The normalized spacial score (nSPS) is 10.7. The topological polar surface area (TPSA) is 66.4 Å². The molecule has 4 nitrogen and oxygen atoms in total. The fourth-order valence-electron chi connectivity index (χ4n) is 1.53. The van der Waals surface area contributed by atoms with Gasteiger partial charge in [0.15, 0.2) is 0 Å². The van der Waals surface area contributed by atoms with Gasteiger partial charge in [-0.2, -0.15) is 0 Å². The minimum Gasteiger partial charge on any atom is -0.384 e. The predicted molar refractivity (Wildman–Crippen MR) is 80.3 cm³/mol. The zero-order valence-electron chi connectivity index (χ0n) is 10.8. The molecule has 2 N–H and O–H groups in total. The molecule has 0 atom stereocenters. The first kappa shape index (κ1) is 14.6. The Morgan fingerprint density at radius 3 is 2.45 bits per heavy atom. The van der Waals surface area contributed by atoms with E-state index in [2.05, 4.69) is 16.6 Å². The molecule has 0 fully saturated rings. The molecular formula is C14H13NO3S2. The Morgan fingerprint density at radius 1 is 1.20 bits per heavy atom. The molecule has 0 unspecified atom stereocenters. The Kier molecular flexibility index (Phi) is 4.45. The average molecular weight is 307 g/mol. The minimum absolute atomic E-state index is 0.202.